The molecule has 1 fully saturated rings. The number of amides is 1. The third-order valence-electron chi connectivity index (χ3n) is 3.44. The van der Waals surface area contributed by atoms with Crippen LogP contribution in [0.1, 0.15) is 33.6 Å². The molecule has 0 heterocycles. The summed E-state index contributed by atoms with van der Waals surface area (Å²) >= 11 is 11.6. The highest BCUT2D eigenvalue weighted by molar-refractivity contribution is 6.52. The molecule has 0 aromatic heterocycles. The standard InChI is InChI=1S/C11H19Cl2NO2/c1-4-7(2)10(3,16)6-14-9(15)8-5-11(8,12)13/h7-8,16H,4-6H2,1-3H3,(H,14,15)/t7-,8-,10-/m0/s1. The summed E-state index contributed by atoms with van der Waals surface area (Å²) in [4.78, 5) is 11.6. The maximum Gasteiger partial charge on any atom is 0.226 e. The van der Waals surface area contributed by atoms with Crippen molar-refractivity contribution in [2.24, 2.45) is 11.8 Å². The molecular weight excluding hydrogens is 249 g/mol. The van der Waals surface area contributed by atoms with Crippen LogP contribution in [0.2, 0.25) is 0 Å². The molecule has 0 spiro atoms. The zero-order chi connectivity index (χ0) is 12.6. The van der Waals surface area contributed by atoms with Crippen molar-refractivity contribution in [2.75, 3.05) is 6.54 Å². The second-order valence-electron chi connectivity index (χ2n) is 4.90. The molecule has 3 atom stereocenters. The highest BCUT2D eigenvalue weighted by Gasteiger charge is 2.56. The molecule has 2 N–H and O–H groups in total. The summed E-state index contributed by atoms with van der Waals surface area (Å²) < 4.78 is -0.897. The summed E-state index contributed by atoms with van der Waals surface area (Å²) in [7, 11) is 0. The third-order valence-corrected chi connectivity index (χ3v) is 4.27. The topological polar surface area (TPSA) is 49.3 Å². The zero-order valence-corrected chi connectivity index (χ0v) is 11.4. The van der Waals surface area contributed by atoms with Crippen LogP contribution in [0.3, 0.4) is 0 Å². The molecule has 1 rings (SSSR count). The number of alkyl halides is 2. The fourth-order valence-corrected chi connectivity index (χ4v) is 2.01. The Morgan fingerprint density at radius 2 is 2.19 bits per heavy atom. The summed E-state index contributed by atoms with van der Waals surface area (Å²) in [5.41, 5.74) is -0.888. The summed E-state index contributed by atoms with van der Waals surface area (Å²) in [6.45, 7) is 5.92. The van der Waals surface area contributed by atoms with Gasteiger partial charge in [0.2, 0.25) is 5.91 Å². The molecule has 0 aromatic carbocycles. The highest BCUT2D eigenvalue weighted by atomic mass is 35.5. The van der Waals surface area contributed by atoms with Crippen molar-refractivity contribution >= 4 is 29.1 Å². The second kappa shape index (κ2) is 4.71. The summed E-state index contributed by atoms with van der Waals surface area (Å²) in [6.07, 6.45) is 1.36. The van der Waals surface area contributed by atoms with Gasteiger partial charge in [0.25, 0.3) is 0 Å². The van der Waals surface area contributed by atoms with Gasteiger partial charge in [-0.3, -0.25) is 4.79 Å². The van der Waals surface area contributed by atoms with E-state index in [-0.39, 0.29) is 24.3 Å². The van der Waals surface area contributed by atoms with Crippen LogP contribution >= 0.6 is 23.2 Å². The van der Waals surface area contributed by atoms with Crippen molar-refractivity contribution < 1.29 is 9.90 Å². The molecular formula is C11H19Cl2NO2. The van der Waals surface area contributed by atoms with Gasteiger partial charge in [-0.2, -0.15) is 0 Å². The average Bonchev–Trinajstić information content (AvgIpc) is 2.83. The van der Waals surface area contributed by atoms with Gasteiger partial charge in [-0.25, -0.2) is 0 Å². The van der Waals surface area contributed by atoms with Gasteiger partial charge in [0.15, 0.2) is 0 Å². The van der Waals surface area contributed by atoms with Crippen LogP contribution in [0.15, 0.2) is 0 Å². The number of carbonyl (C=O) groups excluding carboxylic acids is 1. The van der Waals surface area contributed by atoms with Crippen LogP contribution in [0.4, 0.5) is 0 Å². The van der Waals surface area contributed by atoms with Gasteiger partial charge >= 0.3 is 0 Å². The lowest BCUT2D eigenvalue weighted by atomic mass is 9.88. The number of rotatable bonds is 5. The average molecular weight is 268 g/mol. The Hall–Kier alpha value is 0.01000. The Balaban J connectivity index is 2.37. The number of aliphatic hydroxyl groups is 1. The first-order chi connectivity index (χ1) is 7.20. The first-order valence-corrected chi connectivity index (χ1v) is 6.34. The Kier molecular flexibility index (Phi) is 4.14. The minimum Gasteiger partial charge on any atom is -0.388 e. The van der Waals surface area contributed by atoms with Crippen molar-refractivity contribution in [3.63, 3.8) is 0 Å². The Bertz CT molecular complexity index is 279. The first-order valence-electron chi connectivity index (χ1n) is 5.58. The van der Waals surface area contributed by atoms with Crippen molar-refractivity contribution in [3.8, 4) is 0 Å². The Morgan fingerprint density at radius 1 is 1.69 bits per heavy atom. The quantitative estimate of drug-likeness (QED) is 0.750. The molecule has 1 amide bonds. The highest BCUT2D eigenvalue weighted by Crippen LogP contribution is 2.53. The molecule has 94 valence electrons. The number of nitrogens with one attached hydrogen (secondary N) is 1. The van der Waals surface area contributed by atoms with Gasteiger partial charge in [-0.1, -0.05) is 20.3 Å². The lowest BCUT2D eigenvalue weighted by Gasteiger charge is -2.29. The van der Waals surface area contributed by atoms with E-state index < -0.39 is 9.93 Å². The van der Waals surface area contributed by atoms with E-state index in [1.54, 1.807) is 6.92 Å². The first kappa shape index (κ1) is 14.1. The molecule has 0 radical (unpaired) electrons. The van der Waals surface area contributed by atoms with Gasteiger partial charge in [0.05, 0.1) is 11.5 Å². The molecule has 3 nitrogen and oxygen atoms in total. The Morgan fingerprint density at radius 3 is 2.56 bits per heavy atom. The van der Waals surface area contributed by atoms with E-state index in [0.29, 0.717) is 6.42 Å². The number of carbonyl (C=O) groups is 1. The molecule has 1 aliphatic carbocycles. The monoisotopic (exact) mass is 267 g/mol. The van der Waals surface area contributed by atoms with E-state index >= 15 is 0 Å². The predicted molar refractivity (Wildman–Crippen MR) is 65.6 cm³/mol. The minimum atomic E-state index is -0.897. The van der Waals surface area contributed by atoms with E-state index in [0.717, 1.165) is 6.42 Å². The molecule has 5 heteroatoms. The van der Waals surface area contributed by atoms with Crippen LogP contribution in [0.5, 0.6) is 0 Å². The van der Waals surface area contributed by atoms with E-state index in [1.807, 2.05) is 13.8 Å². The summed E-state index contributed by atoms with van der Waals surface area (Å²) in [6, 6.07) is 0. The molecule has 0 aromatic rings. The molecule has 16 heavy (non-hydrogen) atoms. The normalized spacial score (nSPS) is 28.0. The van der Waals surface area contributed by atoms with E-state index in [9.17, 15) is 9.90 Å². The van der Waals surface area contributed by atoms with Crippen molar-refractivity contribution in [1.82, 2.24) is 5.32 Å². The Labute approximate surface area is 106 Å². The molecule has 1 aliphatic rings. The molecule has 0 saturated heterocycles. The largest absolute Gasteiger partial charge is 0.388 e. The van der Waals surface area contributed by atoms with Crippen molar-refractivity contribution in [3.05, 3.63) is 0 Å². The number of hydrogen-bond donors (Lipinski definition) is 2. The fraction of sp³-hybridized carbons (Fsp3) is 0.909. The number of hydrogen-bond acceptors (Lipinski definition) is 2. The van der Waals surface area contributed by atoms with Crippen LogP contribution < -0.4 is 5.32 Å². The van der Waals surface area contributed by atoms with Crippen molar-refractivity contribution in [1.29, 1.82) is 0 Å². The van der Waals surface area contributed by atoms with E-state index in [2.05, 4.69) is 5.32 Å². The predicted octanol–water partition coefficient (Wildman–Crippen LogP) is 2.09. The molecule has 0 aliphatic heterocycles. The van der Waals surface area contributed by atoms with Crippen LogP contribution in [0, 0.1) is 11.8 Å². The molecule has 0 bridgehead atoms. The van der Waals surface area contributed by atoms with E-state index in [4.69, 9.17) is 23.2 Å². The van der Waals surface area contributed by atoms with Crippen molar-refractivity contribution in [2.45, 2.75) is 43.5 Å². The summed E-state index contributed by atoms with van der Waals surface area (Å²) in [5, 5.41) is 12.8. The van der Waals surface area contributed by atoms with Crippen LogP contribution in [-0.4, -0.2) is 27.5 Å². The zero-order valence-electron chi connectivity index (χ0n) is 9.89. The van der Waals surface area contributed by atoms with Crippen LogP contribution in [-0.2, 0) is 4.79 Å². The van der Waals surface area contributed by atoms with Gasteiger partial charge < -0.3 is 10.4 Å². The lowest BCUT2D eigenvalue weighted by Crippen LogP contribution is -2.45. The van der Waals surface area contributed by atoms with Gasteiger partial charge in [0.1, 0.15) is 4.33 Å². The summed E-state index contributed by atoms with van der Waals surface area (Å²) in [5.74, 6) is -0.374. The smallest absolute Gasteiger partial charge is 0.226 e. The lowest BCUT2D eigenvalue weighted by molar-refractivity contribution is -0.124. The minimum absolute atomic E-state index is 0.128. The van der Waals surface area contributed by atoms with Gasteiger partial charge in [-0.15, -0.1) is 23.2 Å². The van der Waals surface area contributed by atoms with Crippen LogP contribution in [0.25, 0.3) is 0 Å². The second-order valence-corrected chi connectivity index (χ2v) is 6.44. The number of halogens is 2. The molecule has 0 unspecified atom stereocenters. The SMILES string of the molecule is CC[C@H](C)[C@@](C)(O)CNC(=O)[C@@H]1CC1(Cl)Cl. The maximum atomic E-state index is 11.6. The fourth-order valence-electron chi connectivity index (χ4n) is 1.50. The van der Waals surface area contributed by atoms with Gasteiger partial charge in [0, 0.05) is 6.54 Å². The molecule has 1 saturated carbocycles. The maximum absolute atomic E-state index is 11.6. The van der Waals surface area contributed by atoms with E-state index in [1.165, 1.54) is 0 Å². The van der Waals surface area contributed by atoms with Gasteiger partial charge in [-0.05, 0) is 19.3 Å². The third kappa shape index (κ3) is 3.25.